The first-order valence-electron chi connectivity index (χ1n) is 8.69. The van der Waals surface area contributed by atoms with Crippen molar-refractivity contribution in [3.05, 3.63) is 23.8 Å². The second-order valence-corrected chi connectivity index (χ2v) is 7.19. The summed E-state index contributed by atoms with van der Waals surface area (Å²) in [5.74, 6) is -0.199. The summed E-state index contributed by atoms with van der Waals surface area (Å²) in [5.41, 5.74) is 2.28. The van der Waals surface area contributed by atoms with E-state index < -0.39 is 5.38 Å². The molecule has 2 saturated heterocycles. The van der Waals surface area contributed by atoms with Gasteiger partial charge in [0.15, 0.2) is 0 Å². The van der Waals surface area contributed by atoms with Crippen LogP contribution < -0.4 is 10.2 Å². The normalized spacial score (nSPS) is 18.8. The maximum atomic E-state index is 13.0. The van der Waals surface area contributed by atoms with Gasteiger partial charge in [-0.1, -0.05) is 0 Å². The number of hydrogen-bond acceptors (Lipinski definition) is 3. The predicted octanol–water partition coefficient (Wildman–Crippen LogP) is 3.09. The lowest BCUT2D eigenvalue weighted by Gasteiger charge is -2.24. The van der Waals surface area contributed by atoms with E-state index in [1.54, 1.807) is 13.0 Å². The molecule has 1 aromatic rings. The highest BCUT2D eigenvalue weighted by Gasteiger charge is 2.25. The largest absolute Gasteiger partial charge is 0.371 e. The quantitative estimate of drug-likeness (QED) is 0.850. The zero-order valence-electron chi connectivity index (χ0n) is 14.1. The van der Waals surface area contributed by atoms with Crippen LogP contribution in [0, 0.1) is 0 Å². The SMILES string of the molecule is CC(Cl)C(=O)Nc1ccc(N2CCCC2)c(C(=O)N2CCCC2)c1. The molecule has 1 N–H and O–H groups in total. The van der Waals surface area contributed by atoms with E-state index in [0.717, 1.165) is 57.5 Å². The van der Waals surface area contributed by atoms with Crippen LogP contribution in [0.4, 0.5) is 11.4 Å². The molecule has 2 aliphatic heterocycles. The van der Waals surface area contributed by atoms with Crippen molar-refractivity contribution >= 4 is 34.8 Å². The van der Waals surface area contributed by atoms with Crippen LogP contribution in [0.25, 0.3) is 0 Å². The summed E-state index contributed by atoms with van der Waals surface area (Å²) in [7, 11) is 0. The van der Waals surface area contributed by atoms with Gasteiger partial charge in [0.1, 0.15) is 5.38 Å². The molecule has 2 heterocycles. The third-order valence-electron chi connectivity index (χ3n) is 4.70. The summed E-state index contributed by atoms with van der Waals surface area (Å²) in [6, 6.07) is 5.60. The van der Waals surface area contributed by atoms with Crippen molar-refractivity contribution in [2.75, 3.05) is 36.4 Å². The second-order valence-electron chi connectivity index (χ2n) is 6.53. The Bertz CT molecular complexity index is 621. The monoisotopic (exact) mass is 349 g/mol. The maximum Gasteiger partial charge on any atom is 0.256 e. The second kappa shape index (κ2) is 7.43. The van der Waals surface area contributed by atoms with E-state index in [2.05, 4.69) is 10.2 Å². The third kappa shape index (κ3) is 3.66. The van der Waals surface area contributed by atoms with Crippen LogP contribution in [0.3, 0.4) is 0 Å². The fraction of sp³-hybridized carbons (Fsp3) is 0.556. The van der Waals surface area contributed by atoms with Gasteiger partial charge in [0, 0.05) is 37.6 Å². The highest BCUT2D eigenvalue weighted by atomic mass is 35.5. The fourth-order valence-corrected chi connectivity index (χ4v) is 3.41. The number of alkyl halides is 1. The molecule has 0 radical (unpaired) electrons. The number of anilines is 2. The Morgan fingerprint density at radius 3 is 2.33 bits per heavy atom. The minimum atomic E-state index is -0.610. The molecule has 0 spiro atoms. The topological polar surface area (TPSA) is 52.7 Å². The van der Waals surface area contributed by atoms with E-state index >= 15 is 0 Å². The molecule has 2 aliphatic rings. The number of hydrogen-bond donors (Lipinski definition) is 1. The van der Waals surface area contributed by atoms with Gasteiger partial charge in [0.05, 0.1) is 5.56 Å². The van der Waals surface area contributed by atoms with E-state index in [1.165, 1.54) is 0 Å². The van der Waals surface area contributed by atoms with E-state index in [4.69, 9.17) is 11.6 Å². The average molecular weight is 350 g/mol. The molecule has 1 aromatic carbocycles. The molecule has 2 amide bonds. The van der Waals surface area contributed by atoms with Crippen LogP contribution in [0.15, 0.2) is 18.2 Å². The summed E-state index contributed by atoms with van der Waals surface area (Å²) in [6.07, 6.45) is 4.43. The Hall–Kier alpha value is -1.75. The van der Waals surface area contributed by atoms with Crippen molar-refractivity contribution in [2.24, 2.45) is 0 Å². The first-order chi connectivity index (χ1) is 11.6. The van der Waals surface area contributed by atoms with Crippen molar-refractivity contribution in [1.29, 1.82) is 0 Å². The zero-order valence-corrected chi connectivity index (χ0v) is 14.8. The molecule has 1 atom stereocenters. The van der Waals surface area contributed by atoms with E-state index in [1.807, 2.05) is 17.0 Å². The molecular formula is C18H24ClN3O2. The van der Waals surface area contributed by atoms with E-state index in [0.29, 0.717) is 11.3 Å². The number of amides is 2. The summed E-state index contributed by atoms with van der Waals surface area (Å²) >= 11 is 5.82. The zero-order chi connectivity index (χ0) is 17.1. The van der Waals surface area contributed by atoms with E-state index in [-0.39, 0.29) is 11.8 Å². The van der Waals surface area contributed by atoms with Crippen molar-refractivity contribution in [3.63, 3.8) is 0 Å². The minimum absolute atomic E-state index is 0.0596. The van der Waals surface area contributed by atoms with Crippen LogP contribution in [-0.2, 0) is 4.79 Å². The lowest BCUT2D eigenvalue weighted by Crippen LogP contribution is -2.30. The Balaban J connectivity index is 1.90. The van der Waals surface area contributed by atoms with Gasteiger partial charge < -0.3 is 15.1 Å². The van der Waals surface area contributed by atoms with Crippen LogP contribution in [0.5, 0.6) is 0 Å². The number of carbonyl (C=O) groups excluding carboxylic acids is 2. The van der Waals surface area contributed by atoms with Gasteiger partial charge in [-0.3, -0.25) is 9.59 Å². The first-order valence-corrected chi connectivity index (χ1v) is 9.13. The van der Waals surface area contributed by atoms with E-state index in [9.17, 15) is 9.59 Å². The van der Waals surface area contributed by atoms with Crippen molar-refractivity contribution in [3.8, 4) is 0 Å². The van der Waals surface area contributed by atoms with Gasteiger partial charge in [0.2, 0.25) is 5.91 Å². The summed E-state index contributed by atoms with van der Waals surface area (Å²) in [5, 5.41) is 2.17. The number of likely N-dealkylation sites (tertiary alicyclic amines) is 1. The number of rotatable bonds is 4. The molecular weight excluding hydrogens is 326 g/mol. The molecule has 0 bridgehead atoms. The fourth-order valence-electron chi connectivity index (χ4n) is 3.35. The first kappa shape index (κ1) is 17.1. The number of benzene rings is 1. The summed E-state index contributed by atoms with van der Waals surface area (Å²) < 4.78 is 0. The smallest absolute Gasteiger partial charge is 0.256 e. The lowest BCUT2D eigenvalue weighted by atomic mass is 10.1. The van der Waals surface area contributed by atoms with Gasteiger partial charge in [-0.15, -0.1) is 11.6 Å². The molecule has 5 nitrogen and oxygen atoms in total. The van der Waals surface area contributed by atoms with Gasteiger partial charge in [-0.05, 0) is 50.8 Å². The Morgan fingerprint density at radius 2 is 1.71 bits per heavy atom. The molecule has 24 heavy (non-hydrogen) atoms. The lowest BCUT2D eigenvalue weighted by molar-refractivity contribution is -0.115. The number of halogens is 1. The highest BCUT2D eigenvalue weighted by molar-refractivity contribution is 6.32. The number of carbonyl (C=O) groups is 2. The van der Waals surface area contributed by atoms with Crippen LogP contribution in [-0.4, -0.2) is 48.3 Å². The van der Waals surface area contributed by atoms with Gasteiger partial charge in [0.25, 0.3) is 5.91 Å². The van der Waals surface area contributed by atoms with Crippen molar-refractivity contribution in [2.45, 2.75) is 38.0 Å². The summed E-state index contributed by atoms with van der Waals surface area (Å²) in [4.78, 5) is 29.0. The molecule has 3 rings (SSSR count). The Kier molecular flexibility index (Phi) is 5.29. The molecule has 2 fully saturated rings. The van der Waals surface area contributed by atoms with Gasteiger partial charge >= 0.3 is 0 Å². The standard InChI is InChI=1S/C18H24ClN3O2/c1-13(19)17(23)20-14-6-7-16(21-8-2-3-9-21)15(12-14)18(24)22-10-4-5-11-22/h6-7,12-13H,2-5,8-11H2,1H3,(H,20,23). The van der Waals surface area contributed by atoms with Crippen LogP contribution in [0.2, 0.25) is 0 Å². The minimum Gasteiger partial charge on any atom is -0.371 e. The number of nitrogens with one attached hydrogen (secondary N) is 1. The molecule has 0 aromatic heterocycles. The number of nitrogens with zero attached hydrogens (tertiary/aromatic N) is 2. The Morgan fingerprint density at radius 1 is 1.08 bits per heavy atom. The van der Waals surface area contributed by atoms with Gasteiger partial charge in [-0.25, -0.2) is 0 Å². The average Bonchev–Trinajstić information content (AvgIpc) is 3.27. The van der Waals surface area contributed by atoms with Crippen LogP contribution >= 0.6 is 11.6 Å². The molecule has 0 aliphatic carbocycles. The molecule has 0 saturated carbocycles. The molecule has 1 unspecified atom stereocenters. The highest BCUT2D eigenvalue weighted by Crippen LogP contribution is 2.29. The molecule has 6 heteroatoms. The summed E-state index contributed by atoms with van der Waals surface area (Å²) in [6.45, 7) is 5.21. The van der Waals surface area contributed by atoms with Crippen molar-refractivity contribution < 1.29 is 9.59 Å². The Labute approximate surface area is 147 Å². The van der Waals surface area contributed by atoms with Gasteiger partial charge in [-0.2, -0.15) is 0 Å². The predicted molar refractivity (Wildman–Crippen MR) is 97.0 cm³/mol. The maximum absolute atomic E-state index is 13.0. The third-order valence-corrected chi connectivity index (χ3v) is 4.89. The molecule has 130 valence electrons. The van der Waals surface area contributed by atoms with Crippen molar-refractivity contribution in [1.82, 2.24) is 4.90 Å². The van der Waals surface area contributed by atoms with Crippen LogP contribution in [0.1, 0.15) is 43.0 Å².